The Kier molecular flexibility index (Phi) is 3.60. The van der Waals surface area contributed by atoms with Crippen LogP contribution in [0.3, 0.4) is 0 Å². The van der Waals surface area contributed by atoms with E-state index in [0.29, 0.717) is 11.3 Å². The van der Waals surface area contributed by atoms with Crippen LogP contribution >= 0.6 is 0 Å². The highest BCUT2D eigenvalue weighted by atomic mass is 16.5. The van der Waals surface area contributed by atoms with Crippen LogP contribution in [0.15, 0.2) is 18.2 Å². The molecule has 1 aromatic rings. The van der Waals surface area contributed by atoms with E-state index in [0.717, 1.165) is 18.4 Å². The average Bonchev–Trinajstić information content (AvgIpc) is 2.36. The number of aryl methyl sites for hydroxylation is 1. The molecule has 0 aromatic heterocycles. The van der Waals surface area contributed by atoms with Crippen molar-refractivity contribution in [1.82, 2.24) is 0 Å². The maximum Gasteiger partial charge on any atom is 0.379 e. The summed E-state index contributed by atoms with van der Waals surface area (Å²) in [7, 11) is 0. The summed E-state index contributed by atoms with van der Waals surface area (Å²) >= 11 is 0. The third kappa shape index (κ3) is 2.95. The van der Waals surface area contributed by atoms with Gasteiger partial charge in [-0.3, -0.25) is 4.79 Å². The summed E-state index contributed by atoms with van der Waals surface area (Å²) in [5, 5.41) is 0. The summed E-state index contributed by atoms with van der Waals surface area (Å²) in [6.07, 6.45) is 1.85. The number of benzene rings is 1. The zero-order valence-corrected chi connectivity index (χ0v) is 11.5. The summed E-state index contributed by atoms with van der Waals surface area (Å²) in [5.74, 6) is -0.763. The molecule has 0 saturated carbocycles. The second kappa shape index (κ2) is 5.03. The molecule has 0 spiro atoms. The van der Waals surface area contributed by atoms with Crippen molar-refractivity contribution >= 4 is 11.8 Å². The first-order chi connectivity index (χ1) is 8.93. The van der Waals surface area contributed by atoms with Crippen LogP contribution in [0.1, 0.15) is 43.1 Å². The van der Waals surface area contributed by atoms with Gasteiger partial charge < -0.3 is 9.47 Å². The second-order valence-electron chi connectivity index (χ2n) is 5.23. The van der Waals surface area contributed by atoms with E-state index in [1.165, 1.54) is 0 Å². The highest BCUT2D eigenvalue weighted by Crippen LogP contribution is 2.33. The molecule has 4 heteroatoms. The highest BCUT2D eigenvalue weighted by Gasteiger charge is 2.28. The van der Waals surface area contributed by atoms with E-state index < -0.39 is 11.8 Å². The van der Waals surface area contributed by atoms with E-state index >= 15 is 0 Å². The maximum atomic E-state index is 11.9. The summed E-state index contributed by atoms with van der Waals surface area (Å²) in [5.41, 5.74) is 1.15. The third-order valence-corrected chi connectivity index (χ3v) is 3.17. The Balaban J connectivity index is 2.26. The van der Waals surface area contributed by atoms with Gasteiger partial charge in [-0.05, 0) is 45.2 Å². The van der Waals surface area contributed by atoms with Crippen molar-refractivity contribution in [2.24, 2.45) is 0 Å². The van der Waals surface area contributed by atoms with Gasteiger partial charge in [0.2, 0.25) is 0 Å². The van der Waals surface area contributed by atoms with E-state index in [2.05, 4.69) is 0 Å². The molecule has 1 aliphatic rings. The SMILES string of the molecule is CCOC(=O)C(=O)c1ccc2c(c1)OC(C)(C)CC2. The molecule has 0 N–H and O–H groups in total. The van der Waals surface area contributed by atoms with Gasteiger partial charge in [0.05, 0.1) is 6.61 Å². The van der Waals surface area contributed by atoms with Crippen molar-refractivity contribution < 1.29 is 19.1 Å². The van der Waals surface area contributed by atoms with E-state index in [4.69, 9.17) is 9.47 Å². The topological polar surface area (TPSA) is 52.6 Å². The van der Waals surface area contributed by atoms with Crippen LogP contribution in [0.5, 0.6) is 5.75 Å². The van der Waals surface area contributed by atoms with E-state index in [-0.39, 0.29) is 12.2 Å². The average molecular weight is 262 g/mol. The van der Waals surface area contributed by atoms with Crippen LogP contribution in [0, 0.1) is 0 Å². The number of hydrogen-bond donors (Lipinski definition) is 0. The molecule has 0 bridgehead atoms. The van der Waals surface area contributed by atoms with Crippen molar-refractivity contribution in [1.29, 1.82) is 0 Å². The minimum absolute atomic E-state index is 0.193. The van der Waals surface area contributed by atoms with Crippen LogP contribution in [0.25, 0.3) is 0 Å². The lowest BCUT2D eigenvalue weighted by Gasteiger charge is -2.32. The molecule has 1 aliphatic heterocycles. The molecule has 0 amide bonds. The lowest BCUT2D eigenvalue weighted by Crippen LogP contribution is -2.32. The van der Waals surface area contributed by atoms with Gasteiger partial charge in [0, 0.05) is 5.56 Å². The van der Waals surface area contributed by atoms with Crippen molar-refractivity contribution in [2.45, 2.75) is 39.2 Å². The van der Waals surface area contributed by atoms with Crippen LogP contribution in [-0.4, -0.2) is 24.0 Å². The third-order valence-electron chi connectivity index (χ3n) is 3.17. The first-order valence-corrected chi connectivity index (χ1v) is 6.46. The highest BCUT2D eigenvalue weighted by molar-refractivity contribution is 6.40. The predicted molar refractivity (Wildman–Crippen MR) is 70.4 cm³/mol. The molecule has 0 radical (unpaired) electrons. The Bertz CT molecular complexity index is 517. The Labute approximate surface area is 112 Å². The lowest BCUT2D eigenvalue weighted by molar-refractivity contribution is -0.137. The molecular weight excluding hydrogens is 244 g/mol. The molecule has 102 valence electrons. The van der Waals surface area contributed by atoms with Gasteiger partial charge in [0.15, 0.2) is 0 Å². The van der Waals surface area contributed by atoms with Crippen molar-refractivity contribution in [3.63, 3.8) is 0 Å². The zero-order chi connectivity index (χ0) is 14.0. The normalized spacial score (nSPS) is 16.2. The molecule has 1 heterocycles. The summed E-state index contributed by atoms with van der Waals surface area (Å²) in [4.78, 5) is 23.3. The number of ketones is 1. The fourth-order valence-electron chi connectivity index (χ4n) is 2.10. The molecule has 0 aliphatic carbocycles. The largest absolute Gasteiger partial charge is 0.488 e. The number of esters is 1. The maximum absolute atomic E-state index is 11.9. The molecule has 0 atom stereocenters. The molecule has 0 unspecified atom stereocenters. The number of Topliss-reactive ketones (excluding diaryl/α,β-unsaturated/α-hetero) is 1. The Morgan fingerprint density at radius 3 is 2.79 bits per heavy atom. The van der Waals surface area contributed by atoms with Gasteiger partial charge >= 0.3 is 5.97 Å². The first kappa shape index (κ1) is 13.6. The second-order valence-corrected chi connectivity index (χ2v) is 5.23. The van der Waals surface area contributed by atoms with Crippen LogP contribution in [-0.2, 0) is 16.0 Å². The van der Waals surface area contributed by atoms with E-state index in [1.807, 2.05) is 19.9 Å². The van der Waals surface area contributed by atoms with Gasteiger partial charge in [-0.2, -0.15) is 0 Å². The quantitative estimate of drug-likeness (QED) is 0.477. The number of carbonyl (C=O) groups excluding carboxylic acids is 2. The van der Waals surface area contributed by atoms with Crippen LogP contribution < -0.4 is 4.74 Å². The molecule has 0 fully saturated rings. The van der Waals surface area contributed by atoms with Gasteiger partial charge in [-0.1, -0.05) is 12.1 Å². The fraction of sp³-hybridized carbons (Fsp3) is 0.467. The number of hydrogen-bond acceptors (Lipinski definition) is 4. The minimum Gasteiger partial charge on any atom is -0.488 e. The van der Waals surface area contributed by atoms with Gasteiger partial charge in [0.1, 0.15) is 11.4 Å². The number of carbonyl (C=O) groups is 2. The van der Waals surface area contributed by atoms with E-state index in [9.17, 15) is 9.59 Å². The monoisotopic (exact) mass is 262 g/mol. The molecule has 0 saturated heterocycles. The number of fused-ring (bicyclic) bond motifs is 1. The lowest BCUT2D eigenvalue weighted by atomic mass is 9.93. The van der Waals surface area contributed by atoms with Gasteiger partial charge in [0.25, 0.3) is 5.78 Å². The van der Waals surface area contributed by atoms with Crippen LogP contribution in [0.2, 0.25) is 0 Å². The summed E-state index contributed by atoms with van der Waals surface area (Å²) in [6, 6.07) is 5.13. The van der Waals surface area contributed by atoms with Crippen molar-refractivity contribution in [2.75, 3.05) is 6.61 Å². The molecular formula is C15H18O4. The van der Waals surface area contributed by atoms with Gasteiger partial charge in [-0.25, -0.2) is 4.79 Å². The summed E-state index contributed by atoms with van der Waals surface area (Å²) < 4.78 is 10.6. The fourth-order valence-corrected chi connectivity index (χ4v) is 2.10. The Hall–Kier alpha value is -1.84. The standard InChI is InChI=1S/C15H18O4/c1-4-18-14(17)13(16)11-6-5-10-7-8-15(2,3)19-12(10)9-11/h5-6,9H,4,7-8H2,1-3H3. The molecule has 4 nitrogen and oxygen atoms in total. The Morgan fingerprint density at radius 2 is 2.11 bits per heavy atom. The van der Waals surface area contributed by atoms with E-state index in [1.54, 1.807) is 19.1 Å². The van der Waals surface area contributed by atoms with Gasteiger partial charge in [-0.15, -0.1) is 0 Å². The minimum atomic E-state index is -0.822. The number of rotatable bonds is 3. The summed E-state index contributed by atoms with van der Waals surface area (Å²) in [6.45, 7) is 5.88. The molecule has 19 heavy (non-hydrogen) atoms. The van der Waals surface area contributed by atoms with Crippen molar-refractivity contribution in [3.05, 3.63) is 29.3 Å². The number of ether oxygens (including phenoxy) is 2. The van der Waals surface area contributed by atoms with Crippen molar-refractivity contribution in [3.8, 4) is 5.75 Å². The van der Waals surface area contributed by atoms with Crippen LogP contribution in [0.4, 0.5) is 0 Å². The smallest absolute Gasteiger partial charge is 0.379 e. The molecule has 1 aromatic carbocycles. The zero-order valence-electron chi connectivity index (χ0n) is 11.5. The first-order valence-electron chi connectivity index (χ1n) is 6.46. The molecule has 2 rings (SSSR count). The predicted octanol–water partition coefficient (Wildman–Crippen LogP) is 2.54. The Morgan fingerprint density at radius 1 is 1.37 bits per heavy atom.